The molecule has 2 aliphatic rings. The summed E-state index contributed by atoms with van der Waals surface area (Å²) < 4.78 is 5.90. The molecule has 2 heterocycles. The van der Waals surface area contributed by atoms with Crippen LogP contribution in [0.5, 0.6) is 0 Å². The zero-order chi connectivity index (χ0) is 16.9. The molecule has 0 radical (unpaired) electrons. The first-order chi connectivity index (χ1) is 11.6. The minimum Gasteiger partial charge on any atom is -0.373 e. The average molecular weight is 331 g/mol. The highest BCUT2D eigenvalue weighted by Crippen LogP contribution is 2.28. The van der Waals surface area contributed by atoms with Gasteiger partial charge >= 0.3 is 6.03 Å². The fourth-order valence-corrected chi connectivity index (χ4v) is 3.65. The number of urea groups is 1. The number of carbonyl (C=O) groups is 1. The summed E-state index contributed by atoms with van der Waals surface area (Å²) in [4.78, 5) is 16.8. The van der Waals surface area contributed by atoms with E-state index in [0.29, 0.717) is 12.6 Å². The van der Waals surface area contributed by atoms with E-state index in [0.717, 1.165) is 32.4 Å². The number of nitrogens with zero attached hydrogens (tertiary/aromatic N) is 2. The number of benzene rings is 1. The molecule has 0 spiro atoms. The molecule has 2 saturated heterocycles. The summed E-state index contributed by atoms with van der Waals surface area (Å²) in [6.07, 6.45) is 4.07. The highest BCUT2D eigenvalue weighted by atomic mass is 16.5. The molecule has 0 aliphatic carbocycles. The molecule has 0 aromatic heterocycles. The van der Waals surface area contributed by atoms with Crippen molar-refractivity contribution in [2.75, 3.05) is 33.8 Å². The summed E-state index contributed by atoms with van der Waals surface area (Å²) in [6, 6.07) is 11.0. The Kier molecular flexibility index (Phi) is 5.74. The lowest BCUT2D eigenvalue weighted by atomic mass is 9.97. The van der Waals surface area contributed by atoms with E-state index in [2.05, 4.69) is 36.4 Å². The summed E-state index contributed by atoms with van der Waals surface area (Å²) in [6.45, 7) is 2.39. The van der Waals surface area contributed by atoms with Crippen LogP contribution in [0.3, 0.4) is 0 Å². The number of likely N-dealkylation sites (N-methyl/N-ethyl adjacent to an activating group) is 1. The van der Waals surface area contributed by atoms with Gasteiger partial charge in [-0.25, -0.2) is 4.79 Å². The van der Waals surface area contributed by atoms with E-state index < -0.39 is 0 Å². The molecule has 5 nitrogen and oxygen atoms in total. The predicted octanol–water partition coefficient (Wildman–Crippen LogP) is 2.64. The van der Waals surface area contributed by atoms with Gasteiger partial charge in [-0.3, -0.25) is 0 Å². The number of nitrogens with one attached hydrogen (secondary N) is 1. The minimum absolute atomic E-state index is 0.0836. The number of likely N-dealkylation sites (tertiary alicyclic amines) is 1. The second kappa shape index (κ2) is 7.99. The first-order valence-corrected chi connectivity index (χ1v) is 9.02. The van der Waals surface area contributed by atoms with Crippen LogP contribution in [0, 0.1) is 0 Å². The van der Waals surface area contributed by atoms with Crippen molar-refractivity contribution in [2.45, 2.75) is 43.9 Å². The SMILES string of the molecule is CN(C)[C@@H]1CCCN(C(=O)N[C@@H]2CCO[C@H](c3ccccc3)C2)C1. The van der Waals surface area contributed by atoms with Crippen LogP contribution >= 0.6 is 0 Å². The van der Waals surface area contributed by atoms with E-state index in [4.69, 9.17) is 4.74 Å². The number of amides is 2. The Morgan fingerprint density at radius 1 is 1.25 bits per heavy atom. The average Bonchev–Trinajstić information content (AvgIpc) is 2.63. The smallest absolute Gasteiger partial charge is 0.317 e. The quantitative estimate of drug-likeness (QED) is 0.926. The summed E-state index contributed by atoms with van der Waals surface area (Å²) in [5, 5.41) is 3.24. The molecule has 0 bridgehead atoms. The van der Waals surface area contributed by atoms with Crippen LogP contribution in [-0.4, -0.2) is 61.7 Å². The van der Waals surface area contributed by atoms with Crippen LogP contribution in [0.4, 0.5) is 4.79 Å². The van der Waals surface area contributed by atoms with Gasteiger partial charge in [-0.2, -0.15) is 0 Å². The lowest BCUT2D eigenvalue weighted by molar-refractivity contribution is 0.00112. The molecule has 1 aromatic carbocycles. The van der Waals surface area contributed by atoms with E-state index in [1.54, 1.807) is 0 Å². The second-order valence-corrected chi connectivity index (χ2v) is 7.15. The number of piperidine rings is 1. The Morgan fingerprint density at radius 3 is 2.79 bits per heavy atom. The third-order valence-corrected chi connectivity index (χ3v) is 5.20. The lowest BCUT2D eigenvalue weighted by Gasteiger charge is -2.38. The van der Waals surface area contributed by atoms with Crippen LogP contribution < -0.4 is 5.32 Å². The summed E-state index contributed by atoms with van der Waals surface area (Å²) >= 11 is 0. The largest absolute Gasteiger partial charge is 0.373 e. The molecule has 1 N–H and O–H groups in total. The van der Waals surface area contributed by atoms with Crippen molar-refractivity contribution in [3.63, 3.8) is 0 Å². The highest BCUT2D eigenvalue weighted by molar-refractivity contribution is 5.74. The number of carbonyl (C=O) groups excluding carboxylic acids is 1. The van der Waals surface area contributed by atoms with Gasteiger partial charge in [0.1, 0.15) is 0 Å². The van der Waals surface area contributed by atoms with Crippen molar-refractivity contribution in [3.05, 3.63) is 35.9 Å². The van der Waals surface area contributed by atoms with Crippen molar-refractivity contribution < 1.29 is 9.53 Å². The maximum atomic E-state index is 12.6. The molecule has 2 fully saturated rings. The van der Waals surface area contributed by atoms with E-state index in [9.17, 15) is 4.79 Å². The van der Waals surface area contributed by atoms with Gasteiger partial charge in [0.25, 0.3) is 0 Å². The van der Waals surface area contributed by atoms with Gasteiger partial charge in [-0.15, -0.1) is 0 Å². The Morgan fingerprint density at radius 2 is 2.04 bits per heavy atom. The van der Waals surface area contributed by atoms with Crippen LogP contribution in [0.15, 0.2) is 30.3 Å². The molecule has 2 amide bonds. The molecule has 0 unspecified atom stereocenters. The van der Waals surface area contributed by atoms with E-state index in [-0.39, 0.29) is 18.2 Å². The maximum Gasteiger partial charge on any atom is 0.317 e. The fourth-order valence-electron chi connectivity index (χ4n) is 3.65. The molecule has 5 heteroatoms. The first-order valence-electron chi connectivity index (χ1n) is 9.02. The van der Waals surface area contributed by atoms with Gasteiger partial charge < -0.3 is 19.9 Å². The molecule has 1 aromatic rings. The van der Waals surface area contributed by atoms with E-state index >= 15 is 0 Å². The normalized spacial score (nSPS) is 28.0. The van der Waals surface area contributed by atoms with Crippen LogP contribution in [0.1, 0.15) is 37.4 Å². The first kappa shape index (κ1) is 17.2. The van der Waals surface area contributed by atoms with Gasteiger partial charge in [0.2, 0.25) is 0 Å². The van der Waals surface area contributed by atoms with Crippen molar-refractivity contribution >= 4 is 6.03 Å². The maximum absolute atomic E-state index is 12.6. The summed E-state index contributed by atoms with van der Waals surface area (Å²) in [5.41, 5.74) is 1.20. The number of hydrogen-bond acceptors (Lipinski definition) is 3. The van der Waals surface area contributed by atoms with Gasteiger partial charge in [-0.05, 0) is 45.3 Å². The third-order valence-electron chi connectivity index (χ3n) is 5.20. The Hall–Kier alpha value is -1.59. The van der Waals surface area contributed by atoms with Crippen molar-refractivity contribution in [2.24, 2.45) is 0 Å². The third kappa shape index (κ3) is 4.28. The van der Waals surface area contributed by atoms with Gasteiger partial charge in [0.15, 0.2) is 0 Å². The predicted molar refractivity (Wildman–Crippen MR) is 95.0 cm³/mol. The van der Waals surface area contributed by atoms with Crippen molar-refractivity contribution in [3.8, 4) is 0 Å². The summed E-state index contributed by atoms with van der Waals surface area (Å²) in [7, 11) is 4.18. The second-order valence-electron chi connectivity index (χ2n) is 7.15. The van der Waals surface area contributed by atoms with Gasteiger partial charge in [0.05, 0.1) is 6.10 Å². The van der Waals surface area contributed by atoms with E-state index in [1.165, 1.54) is 12.0 Å². The molecule has 2 aliphatic heterocycles. The molecule has 132 valence electrons. The number of rotatable bonds is 3. The summed E-state index contributed by atoms with van der Waals surface area (Å²) in [5.74, 6) is 0. The molecule has 3 atom stereocenters. The van der Waals surface area contributed by atoms with Crippen LogP contribution in [0.25, 0.3) is 0 Å². The van der Waals surface area contributed by atoms with Gasteiger partial charge in [-0.1, -0.05) is 30.3 Å². The zero-order valence-corrected chi connectivity index (χ0v) is 14.8. The van der Waals surface area contributed by atoms with Crippen molar-refractivity contribution in [1.29, 1.82) is 0 Å². The molecular weight excluding hydrogens is 302 g/mol. The van der Waals surface area contributed by atoms with Crippen LogP contribution in [-0.2, 0) is 4.74 Å². The van der Waals surface area contributed by atoms with Gasteiger partial charge in [0, 0.05) is 31.8 Å². The van der Waals surface area contributed by atoms with E-state index in [1.807, 2.05) is 23.1 Å². The molecular formula is C19H29N3O2. The number of ether oxygens (including phenoxy) is 1. The topological polar surface area (TPSA) is 44.8 Å². The fraction of sp³-hybridized carbons (Fsp3) is 0.632. The molecule has 0 saturated carbocycles. The Labute approximate surface area is 145 Å². The minimum atomic E-state index is 0.0836. The Bertz CT molecular complexity index is 535. The highest BCUT2D eigenvalue weighted by Gasteiger charge is 2.29. The Balaban J connectivity index is 1.54. The number of hydrogen-bond donors (Lipinski definition) is 1. The molecule has 3 rings (SSSR count). The lowest BCUT2D eigenvalue weighted by Crippen LogP contribution is -2.53. The monoisotopic (exact) mass is 331 g/mol. The van der Waals surface area contributed by atoms with Crippen LogP contribution in [0.2, 0.25) is 0 Å². The zero-order valence-electron chi connectivity index (χ0n) is 14.8. The van der Waals surface area contributed by atoms with Crippen molar-refractivity contribution in [1.82, 2.24) is 15.1 Å². The standard InChI is InChI=1S/C19H29N3O2/c1-21(2)17-9-6-11-22(14-17)19(23)20-16-10-12-24-18(13-16)15-7-4-3-5-8-15/h3-5,7-8,16-18H,6,9-14H2,1-2H3,(H,20,23)/t16-,17-,18+/m1/s1. The molecule has 24 heavy (non-hydrogen) atoms.